The highest BCUT2D eigenvalue weighted by Crippen LogP contribution is 2.25. The third-order valence-electron chi connectivity index (χ3n) is 4.02. The van der Waals surface area contributed by atoms with Crippen LogP contribution >= 0.6 is 35.0 Å². The number of rotatable bonds is 7. The first kappa shape index (κ1) is 21.8. The number of thioether (sulfide) groups is 1. The molecule has 0 saturated carbocycles. The molecule has 3 aromatic carbocycles. The van der Waals surface area contributed by atoms with E-state index in [0.29, 0.717) is 16.3 Å². The van der Waals surface area contributed by atoms with E-state index in [1.54, 1.807) is 36.4 Å². The van der Waals surface area contributed by atoms with Gasteiger partial charge in [0, 0.05) is 33.3 Å². The molecule has 0 spiro atoms. The van der Waals surface area contributed by atoms with Gasteiger partial charge in [-0.3, -0.25) is 19.7 Å². The summed E-state index contributed by atoms with van der Waals surface area (Å²) < 4.78 is 0. The van der Waals surface area contributed by atoms with Gasteiger partial charge >= 0.3 is 0 Å². The number of anilines is 1. The Morgan fingerprint density at radius 3 is 2.50 bits per heavy atom. The van der Waals surface area contributed by atoms with E-state index in [4.69, 9.17) is 23.2 Å². The number of hydrogen-bond donors (Lipinski definition) is 1. The predicted octanol–water partition coefficient (Wildman–Crippen LogP) is 6.13. The van der Waals surface area contributed by atoms with Crippen LogP contribution in [-0.4, -0.2) is 22.4 Å². The van der Waals surface area contributed by atoms with E-state index in [1.165, 1.54) is 42.1 Å². The number of nitro benzene ring substituents is 1. The Hall–Kier alpha value is -2.87. The fourth-order valence-electron chi connectivity index (χ4n) is 2.56. The Labute approximate surface area is 186 Å². The second-order valence-electron chi connectivity index (χ2n) is 6.13. The van der Waals surface area contributed by atoms with Crippen molar-refractivity contribution in [3.05, 3.63) is 98.0 Å². The number of hydrogen-bond acceptors (Lipinski definition) is 5. The second kappa shape index (κ2) is 9.75. The first-order valence-electron chi connectivity index (χ1n) is 8.60. The van der Waals surface area contributed by atoms with Crippen molar-refractivity contribution in [2.45, 2.75) is 4.90 Å². The van der Waals surface area contributed by atoms with Gasteiger partial charge in [0.1, 0.15) is 0 Å². The maximum atomic E-state index is 12.4. The molecule has 0 aliphatic carbocycles. The molecular weight excluding hydrogens is 447 g/mol. The second-order valence-corrected chi connectivity index (χ2v) is 8.02. The van der Waals surface area contributed by atoms with E-state index in [2.05, 4.69) is 5.32 Å². The minimum absolute atomic E-state index is 0.0988. The number of benzene rings is 3. The summed E-state index contributed by atoms with van der Waals surface area (Å²) in [5.41, 5.74) is 0.980. The number of ketones is 1. The Bertz CT molecular complexity index is 1140. The number of nitrogens with zero attached hydrogens (tertiary/aromatic N) is 1. The maximum Gasteiger partial charge on any atom is 0.270 e. The highest BCUT2D eigenvalue weighted by molar-refractivity contribution is 8.00. The molecule has 0 atom stereocenters. The zero-order chi connectivity index (χ0) is 21.7. The van der Waals surface area contributed by atoms with Gasteiger partial charge < -0.3 is 5.32 Å². The third kappa shape index (κ3) is 5.60. The lowest BCUT2D eigenvalue weighted by molar-refractivity contribution is -0.384. The van der Waals surface area contributed by atoms with Gasteiger partial charge in [0.25, 0.3) is 11.6 Å². The van der Waals surface area contributed by atoms with Crippen molar-refractivity contribution >= 4 is 58.0 Å². The number of carbonyl (C=O) groups is 2. The molecule has 3 rings (SSSR count). The monoisotopic (exact) mass is 460 g/mol. The average molecular weight is 461 g/mol. The van der Waals surface area contributed by atoms with Crippen LogP contribution in [0, 0.1) is 10.1 Å². The molecule has 0 saturated heterocycles. The summed E-state index contributed by atoms with van der Waals surface area (Å²) in [6, 6.07) is 17.2. The van der Waals surface area contributed by atoms with Gasteiger partial charge in [-0.1, -0.05) is 41.4 Å². The molecule has 1 N–H and O–H groups in total. The van der Waals surface area contributed by atoms with Gasteiger partial charge in [0.2, 0.25) is 0 Å². The van der Waals surface area contributed by atoms with Crippen molar-refractivity contribution in [1.29, 1.82) is 0 Å². The molecule has 0 aliphatic rings. The number of amides is 1. The molecule has 1 amide bonds. The van der Waals surface area contributed by atoms with E-state index in [1.807, 2.05) is 0 Å². The Kier molecular flexibility index (Phi) is 7.10. The number of carbonyl (C=O) groups excluding carboxylic acids is 2. The highest BCUT2D eigenvalue weighted by atomic mass is 35.5. The summed E-state index contributed by atoms with van der Waals surface area (Å²) in [7, 11) is 0. The van der Waals surface area contributed by atoms with Crippen molar-refractivity contribution < 1.29 is 14.5 Å². The van der Waals surface area contributed by atoms with E-state index in [9.17, 15) is 19.7 Å². The minimum atomic E-state index is -0.539. The molecule has 0 heterocycles. The number of non-ortho nitro benzene ring substituents is 1. The number of nitro groups is 1. The maximum absolute atomic E-state index is 12.4. The van der Waals surface area contributed by atoms with Crippen molar-refractivity contribution in [3.63, 3.8) is 0 Å². The summed E-state index contributed by atoms with van der Waals surface area (Å²) >= 11 is 13.2. The molecule has 0 aromatic heterocycles. The molecule has 0 radical (unpaired) electrons. The van der Waals surface area contributed by atoms with Crippen LogP contribution in [0.25, 0.3) is 0 Å². The number of halogens is 2. The van der Waals surface area contributed by atoms with Gasteiger partial charge in [-0.2, -0.15) is 0 Å². The van der Waals surface area contributed by atoms with Gasteiger partial charge in [0.15, 0.2) is 5.78 Å². The van der Waals surface area contributed by atoms with Crippen LogP contribution in [0.3, 0.4) is 0 Å². The smallest absolute Gasteiger partial charge is 0.270 e. The summed E-state index contributed by atoms with van der Waals surface area (Å²) in [6.45, 7) is 0. The molecule has 0 unspecified atom stereocenters. The number of Topliss-reactive ketones (excluding diaryl/α,β-unsaturated/α-hetero) is 1. The number of nitrogens with one attached hydrogen (secondary N) is 1. The zero-order valence-electron chi connectivity index (χ0n) is 15.3. The summed E-state index contributed by atoms with van der Waals surface area (Å²) in [6.07, 6.45) is 0. The molecule has 0 bridgehead atoms. The fourth-order valence-corrected chi connectivity index (χ4v) is 3.90. The lowest BCUT2D eigenvalue weighted by atomic mass is 10.1. The van der Waals surface area contributed by atoms with Crippen LogP contribution in [-0.2, 0) is 0 Å². The standard InChI is InChI=1S/C21H14Cl2N2O4S/c22-14-7-8-18(19(23)10-14)21(27)24-15-4-2-6-17(11-15)30-12-20(26)13-3-1-5-16(9-13)25(28)29/h1-11H,12H2,(H,24,27). The van der Waals surface area contributed by atoms with E-state index in [-0.39, 0.29) is 33.7 Å². The Morgan fingerprint density at radius 2 is 1.77 bits per heavy atom. The predicted molar refractivity (Wildman–Crippen MR) is 119 cm³/mol. The summed E-state index contributed by atoms with van der Waals surface area (Å²) in [5.74, 6) is -0.515. The lowest BCUT2D eigenvalue weighted by Gasteiger charge is -2.09. The average Bonchev–Trinajstić information content (AvgIpc) is 2.72. The van der Waals surface area contributed by atoms with Crippen LogP contribution in [0.1, 0.15) is 20.7 Å². The topological polar surface area (TPSA) is 89.3 Å². The highest BCUT2D eigenvalue weighted by Gasteiger charge is 2.13. The van der Waals surface area contributed by atoms with Crippen LogP contribution in [0.15, 0.2) is 71.6 Å². The lowest BCUT2D eigenvalue weighted by Crippen LogP contribution is -2.12. The molecular formula is C21H14Cl2N2O4S. The molecule has 0 aliphatic heterocycles. The Morgan fingerprint density at radius 1 is 1.00 bits per heavy atom. The summed E-state index contributed by atoms with van der Waals surface area (Å²) in [4.78, 5) is 35.9. The van der Waals surface area contributed by atoms with E-state index >= 15 is 0 Å². The van der Waals surface area contributed by atoms with Crippen LogP contribution < -0.4 is 5.32 Å². The fraction of sp³-hybridized carbons (Fsp3) is 0.0476. The van der Waals surface area contributed by atoms with Crippen LogP contribution in [0.2, 0.25) is 10.0 Å². The molecule has 152 valence electrons. The molecule has 30 heavy (non-hydrogen) atoms. The van der Waals surface area contributed by atoms with Crippen LogP contribution in [0.4, 0.5) is 11.4 Å². The largest absolute Gasteiger partial charge is 0.322 e. The van der Waals surface area contributed by atoms with E-state index in [0.717, 1.165) is 4.90 Å². The van der Waals surface area contributed by atoms with Crippen molar-refractivity contribution in [3.8, 4) is 0 Å². The summed E-state index contributed by atoms with van der Waals surface area (Å²) in [5, 5.41) is 14.3. The molecule has 0 fully saturated rings. The first-order valence-corrected chi connectivity index (χ1v) is 10.3. The molecule has 6 nitrogen and oxygen atoms in total. The van der Waals surface area contributed by atoms with Crippen molar-refractivity contribution in [1.82, 2.24) is 0 Å². The molecule has 9 heteroatoms. The third-order valence-corrected chi connectivity index (χ3v) is 5.56. The van der Waals surface area contributed by atoms with Gasteiger partial charge in [-0.15, -0.1) is 11.8 Å². The van der Waals surface area contributed by atoms with Crippen LogP contribution in [0.5, 0.6) is 0 Å². The Balaban J connectivity index is 1.65. The van der Waals surface area contributed by atoms with Crippen molar-refractivity contribution in [2.24, 2.45) is 0 Å². The quantitative estimate of drug-likeness (QED) is 0.198. The first-order chi connectivity index (χ1) is 14.3. The molecule has 3 aromatic rings. The SMILES string of the molecule is O=C(CSc1cccc(NC(=O)c2ccc(Cl)cc2Cl)c1)c1cccc([N+](=O)[O-])c1. The van der Waals surface area contributed by atoms with Crippen molar-refractivity contribution in [2.75, 3.05) is 11.1 Å². The van der Waals surface area contributed by atoms with Gasteiger partial charge in [-0.25, -0.2) is 0 Å². The van der Waals surface area contributed by atoms with Gasteiger partial charge in [0.05, 0.1) is 21.3 Å². The van der Waals surface area contributed by atoms with E-state index < -0.39 is 4.92 Å². The minimum Gasteiger partial charge on any atom is -0.322 e. The zero-order valence-corrected chi connectivity index (χ0v) is 17.6. The van der Waals surface area contributed by atoms with Gasteiger partial charge in [-0.05, 0) is 36.4 Å². The normalized spacial score (nSPS) is 10.5.